The summed E-state index contributed by atoms with van der Waals surface area (Å²) in [4.78, 5) is 2.27. The quantitative estimate of drug-likeness (QED) is 0.571. The molecule has 3 heteroatoms. The second kappa shape index (κ2) is 8.43. The maximum absolute atomic E-state index is 5.97. The molecule has 1 aliphatic rings. The molecule has 27 heavy (non-hydrogen) atoms. The first-order valence-corrected chi connectivity index (χ1v) is 9.45. The number of aryl methyl sites for hydroxylation is 1. The number of methoxy groups -OCH3 is 1. The summed E-state index contributed by atoms with van der Waals surface area (Å²) in [6, 6.07) is 22.2. The lowest BCUT2D eigenvalue weighted by molar-refractivity contribution is 0.0300. The van der Waals surface area contributed by atoms with Crippen LogP contribution < -0.4 is 0 Å². The number of hydrogen-bond acceptors (Lipinski definition) is 2. The van der Waals surface area contributed by atoms with Crippen LogP contribution in [-0.4, -0.2) is 32.6 Å². The van der Waals surface area contributed by atoms with Crippen LogP contribution in [0.5, 0.6) is 0 Å². The summed E-state index contributed by atoms with van der Waals surface area (Å²) >= 11 is 0. The Balaban J connectivity index is 0.00000210. The molecule has 1 aliphatic carbocycles. The van der Waals surface area contributed by atoms with E-state index in [-0.39, 0.29) is 18.5 Å². The molecule has 0 radical (unpaired) electrons. The van der Waals surface area contributed by atoms with E-state index >= 15 is 0 Å². The molecule has 0 saturated heterocycles. The Morgan fingerprint density at radius 1 is 0.926 bits per heavy atom. The van der Waals surface area contributed by atoms with E-state index < -0.39 is 0 Å². The van der Waals surface area contributed by atoms with Crippen molar-refractivity contribution >= 4 is 23.2 Å². The van der Waals surface area contributed by atoms with E-state index in [4.69, 9.17) is 4.74 Å². The average molecular weight is 382 g/mol. The molecular formula is C24H28ClNO. The number of ether oxygens (including phenoxy) is 1. The Morgan fingerprint density at radius 2 is 1.63 bits per heavy atom. The molecule has 0 saturated carbocycles. The van der Waals surface area contributed by atoms with Crippen molar-refractivity contribution in [3.8, 4) is 11.1 Å². The summed E-state index contributed by atoms with van der Waals surface area (Å²) in [5.74, 6) is 0.550. The maximum atomic E-state index is 5.97. The highest BCUT2D eigenvalue weighted by Crippen LogP contribution is 2.39. The zero-order chi connectivity index (χ0) is 18.1. The SMILES string of the molecule is COC1c2cc(-c3ccc4ccccc4c3)ccc2CCC1CN(C)C.Cl. The van der Waals surface area contributed by atoms with Gasteiger partial charge < -0.3 is 9.64 Å². The number of hydrogen-bond donors (Lipinski definition) is 0. The van der Waals surface area contributed by atoms with E-state index in [0.717, 1.165) is 13.0 Å². The zero-order valence-corrected chi connectivity index (χ0v) is 17.1. The van der Waals surface area contributed by atoms with Crippen molar-refractivity contribution in [1.29, 1.82) is 0 Å². The molecule has 0 N–H and O–H groups in total. The third kappa shape index (κ3) is 4.03. The van der Waals surface area contributed by atoms with Gasteiger partial charge in [0.25, 0.3) is 0 Å². The monoisotopic (exact) mass is 381 g/mol. The summed E-state index contributed by atoms with van der Waals surface area (Å²) in [6.45, 7) is 1.07. The van der Waals surface area contributed by atoms with Crippen LogP contribution in [0.15, 0.2) is 60.7 Å². The normalized spacial score (nSPS) is 19.0. The predicted octanol–water partition coefficient (Wildman–Crippen LogP) is 5.74. The third-order valence-corrected chi connectivity index (χ3v) is 5.60. The van der Waals surface area contributed by atoms with Crippen molar-refractivity contribution in [3.05, 3.63) is 71.8 Å². The van der Waals surface area contributed by atoms with Gasteiger partial charge >= 0.3 is 0 Å². The Morgan fingerprint density at radius 3 is 2.37 bits per heavy atom. The number of fused-ring (bicyclic) bond motifs is 2. The highest BCUT2D eigenvalue weighted by Gasteiger charge is 2.30. The van der Waals surface area contributed by atoms with Crippen LogP contribution >= 0.6 is 12.4 Å². The first kappa shape index (κ1) is 19.9. The lowest BCUT2D eigenvalue weighted by Gasteiger charge is -2.34. The Kier molecular flexibility index (Phi) is 6.21. The molecule has 0 aromatic heterocycles. The van der Waals surface area contributed by atoms with E-state index in [0.29, 0.717) is 5.92 Å². The summed E-state index contributed by atoms with van der Waals surface area (Å²) < 4.78 is 5.97. The summed E-state index contributed by atoms with van der Waals surface area (Å²) in [6.07, 6.45) is 2.52. The molecule has 3 aromatic rings. The van der Waals surface area contributed by atoms with E-state index in [1.165, 1.54) is 39.4 Å². The van der Waals surface area contributed by atoms with Crippen LogP contribution in [0, 0.1) is 5.92 Å². The zero-order valence-electron chi connectivity index (χ0n) is 16.3. The van der Waals surface area contributed by atoms with Crippen molar-refractivity contribution in [2.75, 3.05) is 27.7 Å². The number of nitrogens with zero attached hydrogens (tertiary/aromatic N) is 1. The number of halogens is 1. The van der Waals surface area contributed by atoms with Gasteiger partial charge in [0, 0.05) is 19.6 Å². The standard InChI is InChI=1S/C24H27NO.ClH/c1-25(2)16-22-13-10-18-9-12-21(15-23(18)24(22)26-3)20-11-8-17-6-4-5-7-19(17)14-20;/h4-9,11-12,14-15,22,24H,10,13,16H2,1-3H3;1H. The number of rotatable bonds is 4. The summed E-state index contributed by atoms with van der Waals surface area (Å²) in [5.41, 5.74) is 5.37. The smallest absolute Gasteiger partial charge is 0.0864 e. The van der Waals surface area contributed by atoms with E-state index in [9.17, 15) is 0 Å². The van der Waals surface area contributed by atoms with Gasteiger partial charge in [0.1, 0.15) is 0 Å². The van der Waals surface area contributed by atoms with Gasteiger partial charge in [0.05, 0.1) is 6.10 Å². The molecule has 0 bridgehead atoms. The molecule has 2 atom stereocenters. The minimum atomic E-state index is 0. The van der Waals surface area contributed by atoms with Gasteiger partial charge in [0.2, 0.25) is 0 Å². The van der Waals surface area contributed by atoms with Crippen molar-refractivity contribution in [2.24, 2.45) is 5.92 Å². The molecule has 0 fully saturated rings. The maximum Gasteiger partial charge on any atom is 0.0864 e. The molecule has 4 rings (SSSR count). The van der Waals surface area contributed by atoms with Gasteiger partial charge in [-0.3, -0.25) is 0 Å². The molecule has 0 aliphatic heterocycles. The predicted molar refractivity (Wildman–Crippen MR) is 117 cm³/mol. The summed E-state index contributed by atoms with van der Waals surface area (Å²) in [5, 5.41) is 2.58. The van der Waals surface area contributed by atoms with Gasteiger partial charge in [-0.2, -0.15) is 0 Å². The van der Waals surface area contributed by atoms with Gasteiger partial charge in [-0.15, -0.1) is 12.4 Å². The Hall–Kier alpha value is -1.87. The molecule has 2 nitrogen and oxygen atoms in total. The van der Waals surface area contributed by atoms with Crippen molar-refractivity contribution in [1.82, 2.24) is 4.90 Å². The Bertz CT molecular complexity index is 921. The first-order valence-electron chi connectivity index (χ1n) is 9.45. The highest BCUT2D eigenvalue weighted by atomic mass is 35.5. The van der Waals surface area contributed by atoms with E-state index in [2.05, 4.69) is 79.7 Å². The topological polar surface area (TPSA) is 12.5 Å². The van der Waals surface area contributed by atoms with Gasteiger partial charge in [-0.1, -0.05) is 48.5 Å². The molecule has 0 spiro atoms. The largest absolute Gasteiger partial charge is 0.376 e. The minimum absolute atomic E-state index is 0. The van der Waals surface area contributed by atoms with E-state index in [1.807, 2.05) is 7.11 Å². The second-order valence-electron chi connectivity index (χ2n) is 7.69. The van der Waals surface area contributed by atoms with Crippen molar-refractivity contribution < 1.29 is 4.74 Å². The minimum Gasteiger partial charge on any atom is -0.376 e. The van der Waals surface area contributed by atoms with E-state index in [1.54, 1.807) is 0 Å². The molecular weight excluding hydrogens is 354 g/mol. The summed E-state index contributed by atoms with van der Waals surface area (Å²) in [7, 11) is 6.15. The van der Waals surface area contributed by atoms with Crippen molar-refractivity contribution in [3.63, 3.8) is 0 Å². The van der Waals surface area contributed by atoms with Gasteiger partial charge in [0.15, 0.2) is 0 Å². The highest BCUT2D eigenvalue weighted by molar-refractivity contribution is 5.87. The molecule has 3 aromatic carbocycles. The van der Waals surface area contributed by atoms with Gasteiger partial charge in [-0.05, 0) is 72.1 Å². The third-order valence-electron chi connectivity index (χ3n) is 5.60. The van der Waals surface area contributed by atoms with Crippen LogP contribution in [0.2, 0.25) is 0 Å². The molecule has 142 valence electrons. The Labute approximate surface area is 168 Å². The van der Waals surface area contributed by atoms with Crippen LogP contribution in [-0.2, 0) is 11.2 Å². The fourth-order valence-corrected chi connectivity index (χ4v) is 4.36. The van der Waals surface area contributed by atoms with Gasteiger partial charge in [-0.25, -0.2) is 0 Å². The average Bonchev–Trinajstić information content (AvgIpc) is 2.66. The van der Waals surface area contributed by atoms with Crippen LogP contribution in [0.3, 0.4) is 0 Å². The number of benzene rings is 3. The fraction of sp³-hybridized carbons (Fsp3) is 0.333. The van der Waals surface area contributed by atoms with Crippen LogP contribution in [0.4, 0.5) is 0 Å². The molecule has 0 heterocycles. The molecule has 0 amide bonds. The van der Waals surface area contributed by atoms with Crippen LogP contribution in [0.1, 0.15) is 23.7 Å². The fourth-order valence-electron chi connectivity index (χ4n) is 4.36. The lowest BCUT2D eigenvalue weighted by Crippen LogP contribution is -2.31. The van der Waals surface area contributed by atoms with Crippen molar-refractivity contribution in [2.45, 2.75) is 18.9 Å². The van der Waals surface area contributed by atoms with Crippen LogP contribution in [0.25, 0.3) is 21.9 Å². The first-order chi connectivity index (χ1) is 12.7. The second-order valence-corrected chi connectivity index (χ2v) is 7.69. The molecule has 2 unspecified atom stereocenters. The lowest BCUT2D eigenvalue weighted by atomic mass is 9.80.